The molecule has 2 aromatic rings. The van der Waals surface area contributed by atoms with Gasteiger partial charge in [-0.05, 0) is 24.3 Å². The predicted octanol–water partition coefficient (Wildman–Crippen LogP) is -0.491. The Bertz CT molecular complexity index is 571. The summed E-state index contributed by atoms with van der Waals surface area (Å²) in [5.41, 5.74) is -0.0278. The van der Waals surface area contributed by atoms with Crippen LogP contribution in [-0.4, -0.2) is 22.2 Å². The molecule has 0 spiro atoms. The molecule has 0 saturated carbocycles. The zero-order valence-electron chi connectivity index (χ0n) is 10.4. The number of aromatic carboxylic acids is 2. The van der Waals surface area contributed by atoms with Crippen LogP contribution >= 0.6 is 0 Å². The maximum absolute atomic E-state index is 10.1. The summed E-state index contributed by atoms with van der Waals surface area (Å²) in [5.74, 6) is -2.70. The number of aromatic hydroxyl groups is 2. The third-order valence-corrected chi connectivity index (χ3v) is 2.16. The molecule has 113 valence electrons. The minimum Gasteiger partial charge on any atom is -0.545 e. The average molecular weight is 338 g/mol. The van der Waals surface area contributed by atoms with E-state index in [9.17, 15) is 19.8 Å². The second kappa shape index (κ2) is 8.63. The maximum Gasteiger partial charge on any atom is 2.00 e. The van der Waals surface area contributed by atoms with E-state index in [-0.39, 0.29) is 39.7 Å². The van der Waals surface area contributed by atoms with Crippen molar-refractivity contribution in [3.05, 3.63) is 59.7 Å². The van der Waals surface area contributed by atoms with Crippen molar-refractivity contribution in [1.82, 2.24) is 0 Å². The zero-order chi connectivity index (χ0) is 15.1. The van der Waals surface area contributed by atoms with Crippen molar-refractivity contribution < 1.29 is 47.1 Å². The molecular formula is C14H10CuO6. The minimum absolute atomic E-state index is 0. The van der Waals surface area contributed by atoms with Gasteiger partial charge in [0.2, 0.25) is 0 Å². The Labute approximate surface area is 130 Å². The Hall–Kier alpha value is -2.50. The molecule has 0 aliphatic carbocycles. The van der Waals surface area contributed by atoms with Gasteiger partial charge >= 0.3 is 17.1 Å². The molecule has 0 atom stereocenters. The van der Waals surface area contributed by atoms with Gasteiger partial charge in [-0.2, -0.15) is 0 Å². The van der Waals surface area contributed by atoms with Gasteiger partial charge in [0.1, 0.15) is 11.5 Å². The Morgan fingerprint density at radius 3 is 1.29 bits per heavy atom. The van der Waals surface area contributed by atoms with Crippen LogP contribution in [0.2, 0.25) is 0 Å². The largest absolute Gasteiger partial charge is 2.00 e. The summed E-state index contributed by atoms with van der Waals surface area (Å²) in [6.07, 6.45) is 0. The van der Waals surface area contributed by atoms with Crippen molar-refractivity contribution in [3.63, 3.8) is 0 Å². The molecule has 0 unspecified atom stereocenters. The Kier molecular flexibility index (Phi) is 7.60. The molecule has 0 fully saturated rings. The van der Waals surface area contributed by atoms with Gasteiger partial charge < -0.3 is 30.0 Å². The fourth-order valence-corrected chi connectivity index (χ4v) is 1.27. The monoisotopic (exact) mass is 337 g/mol. The molecule has 0 aliphatic heterocycles. The van der Waals surface area contributed by atoms with Crippen LogP contribution in [0, 0.1) is 0 Å². The van der Waals surface area contributed by atoms with E-state index in [2.05, 4.69) is 0 Å². The van der Waals surface area contributed by atoms with Gasteiger partial charge in [0.05, 0.1) is 11.9 Å². The molecule has 2 rings (SSSR count). The maximum atomic E-state index is 10.1. The number of carbonyl (C=O) groups is 2. The predicted molar refractivity (Wildman–Crippen MR) is 64.9 cm³/mol. The fraction of sp³-hybridized carbons (Fsp3) is 0. The van der Waals surface area contributed by atoms with E-state index in [4.69, 9.17) is 10.2 Å². The molecular weight excluding hydrogens is 328 g/mol. The van der Waals surface area contributed by atoms with Crippen molar-refractivity contribution in [3.8, 4) is 11.5 Å². The Morgan fingerprint density at radius 2 is 1.10 bits per heavy atom. The summed E-state index contributed by atoms with van der Waals surface area (Å²) >= 11 is 0. The summed E-state index contributed by atoms with van der Waals surface area (Å²) in [6, 6.07) is 10.7. The van der Waals surface area contributed by atoms with E-state index in [1.54, 1.807) is 0 Å². The molecule has 7 heteroatoms. The molecule has 0 aromatic heterocycles. The molecule has 0 heterocycles. The number of benzene rings is 2. The van der Waals surface area contributed by atoms with Crippen LogP contribution in [-0.2, 0) is 17.1 Å². The number of rotatable bonds is 2. The van der Waals surface area contributed by atoms with Crippen molar-refractivity contribution in [2.24, 2.45) is 0 Å². The first-order valence-electron chi connectivity index (χ1n) is 5.41. The summed E-state index contributed by atoms with van der Waals surface area (Å²) in [5, 5.41) is 37.8. The van der Waals surface area contributed by atoms with Gasteiger partial charge in [-0.1, -0.05) is 24.3 Å². The van der Waals surface area contributed by atoms with E-state index in [1.165, 1.54) is 36.4 Å². The van der Waals surface area contributed by atoms with Crippen LogP contribution in [0.25, 0.3) is 0 Å². The van der Waals surface area contributed by atoms with Gasteiger partial charge in [0.15, 0.2) is 0 Å². The van der Waals surface area contributed by atoms with Crippen LogP contribution in [0.3, 0.4) is 0 Å². The van der Waals surface area contributed by atoms with Crippen LogP contribution in [0.5, 0.6) is 11.5 Å². The van der Waals surface area contributed by atoms with Gasteiger partial charge in [0.25, 0.3) is 0 Å². The molecule has 21 heavy (non-hydrogen) atoms. The van der Waals surface area contributed by atoms with E-state index < -0.39 is 11.9 Å². The van der Waals surface area contributed by atoms with E-state index in [0.717, 1.165) is 12.1 Å². The van der Waals surface area contributed by atoms with E-state index in [1.807, 2.05) is 0 Å². The molecule has 6 nitrogen and oxygen atoms in total. The molecule has 0 amide bonds. The van der Waals surface area contributed by atoms with Gasteiger partial charge in [0, 0.05) is 11.1 Å². The number of phenols is 2. The first-order chi connectivity index (χ1) is 9.40. The summed E-state index contributed by atoms with van der Waals surface area (Å²) < 4.78 is 0. The quantitative estimate of drug-likeness (QED) is 0.713. The second-order valence-corrected chi connectivity index (χ2v) is 3.68. The third kappa shape index (κ3) is 6.47. The first-order valence-corrected chi connectivity index (χ1v) is 5.41. The second-order valence-electron chi connectivity index (χ2n) is 3.68. The first kappa shape index (κ1) is 18.5. The van der Waals surface area contributed by atoms with Gasteiger partial charge in [-0.15, -0.1) is 0 Å². The number of carboxylic acid groups (broad SMARTS) is 2. The molecule has 1 radical (unpaired) electrons. The fourth-order valence-electron chi connectivity index (χ4n) is 1.27. The number of hydrogen-bond acceptors (Lipinski definition) is 6. The number of carboxylic acids is 2. The molecule has 2 aromatic carbocycles. The summed E-state index contributed by atoms with van der Waals surface area (Å²) in [7, 11) is 0. The minimum atomic E-state index is -1.28. The van der Waals surface area contributed by atoms with Gasteiger partial charge in [-0.3, -0.25) is 0 Å². The number of carbonyl (C=O) groups excluding carboxylic acids is 2. The van der Waals surface area contributed by atoms with Crippen molar-refractivity contribution in [2.75, 3.05) is 0 Å². The van der Waals surface area contributed by atoms with Crippen LogP contribution in [0.4, 0.5) is 0 Å². The Morgan fingerprint density at radius 1 is 0.762 bits per heavy atom. The van der Waals surface area contributed by atoms with Crippen LogP contribution < -0.4 is 10.2 Å². The van der Waals surface area contributed by atoms with Crippen molar-refractivity contribution >= 4 is 11.9 Å². The number of phenolic OH excluding ortho intramolecular Hbond substituents is 2. The van der Waals surface area contributed by atoms with Gasteiger partial charge in [-0.25, -0.2) is 0 Å². The molecule has 0 bridgehead atoms. The third-order valence-electron chi connectivity index (χ3n) is 2.16. The van der Waals surface area contributed by atoms with Crippen molar-refractivity contribution in [1.29, 1.82) is 0 Å². The van der Waals surface area contributed by atoms with Crippen LogP contribution in [0.15, 0.2) is 48.5 Å². The van der Waals surface area contributed by atoms with E-state index >= 15 is 0 Å². The summed E-state index contributed by atoms with van der Waals surface area (Å²) in [4.78, 5) is 20.3. The molecule has 0 saturated heterocycles. The normalized spacial score (nSPS) is 8.76. The topological polar surface area (TPSA) is 121 Å². The molecule has 0 aliphatic rings. The summed E-state index contributed by atoms with van der Waals surface area (Å²) in [6.45, 7) is 0. The van der Waals surface area contributed by atoms with Crippen LogP contribution in [0.1, 0.15) is 20.7 Å². The zero-order valence-corrected chi connectivity index (χ0v) is 11.4. The van der Waals surface area contributed by atoms with Crippen molar-refractivity contribution in [2.45, 2.75) is 0 Å². The average Bonchev–Trinajstić information content (AvgIpc) is 2.39. The standard InChI is InChI=1S/2C7H6O3.Cu/c2*8-6-3-1-2-5(4-6)7(9)10;/h2*1-4,8H,(H,9,10);/q;;+2/p-2. The molecule has 2 N–H and O–H groups in total. The SMILES string of the molecule is O=C([O-])c1cccc(O)c1.O=C([O-])c1cccc(O)c1.[Cu+2]. The number of hydrogen-bond donors (Lipinski definition) is 2. The smallest absolute Gasteiger partial charge is 0.545 e. The Balaban J connectivity index is 0.000000364. The van der Waals surface area contributed by atoms with E-state index in [0.29, 0.717) is 0 Å².